The summed E-state index contributed by atoms with van der Waals surface area (Å²) in [5, 5.41) is 0. The molecule has 0 bridgehead atoms. The molecule has 0 aliphatic rings. The molecule has 0 atom stereocenters. The van der Waals surface area contributed by atoms with Gasteiger partial charge in [-0.05, 0) is 97.8 Å². The molecule has 0 radical (unpaired) electrons. The van der Waals surface area contributed by atoms with E-state index in [0.29, 0.717) is 65.8 Å². The molecule has 108 heavy (non-hydrogen) atoms. The molecule has 0 saturated carbocycles. The Balaban J connectivity index is 0.000000232. The summed E-state index contributed by atoms with van der Waals surface area (Å²) in [6, 6.07) is 83.4. The van der Waals surface area contributed by atoms with Gasteiger partial charge in [-0.2, -0.15) is 0 Å². The summed E-state index contributed by atoms with van der Waals surface area (Å²) in [6.07, 6.45) is 12.5. The number of carbonyl (C=O) groups is 6. The Morgan fingerprint density at radius 2 is 0.528 bits per heavy atom. The van der Waals surface area contributed by atoms with Gasteiger partial charge in [-0.15, -0.1) is 179 Å². The SMILES string of the molecule is C=C(C)C(=O)Oc1cc[c-]c(-c2ccccn2)c1.CCC(=O)Oc1cc[c-]c(-c2ccccn2)c1.CCC(=O)Oc1cc[c-]c(-c2ccccn2)c1.CCC(=O)Oc1cc[c-]c(-c2ccccn2)c1.CCC(=O)Oc1cc[c-]c(-c2ccccn2)c1.CCC(C)(C)C(=O)Oc1cc[c-]c(-c2ccccn2)c1.[Ir+3].[Ir+3]. The van der Waals surface area contributed by atoms with Crippen LogP contribution in [-0.4, -0.2) is 65.7 Å². The summed E-state index contributed by atoms with van der Waals surface area (Å²) in [7, 11) is 0. The van der Waals surface area contributed by atoms with Gasteiger partial charge in [0.05, 0.1) is 39.9 Å². The zero-order chi connectivity index (χ0) is 75.9. The molecule has 6 aromatic heterocycles. The predicted octanol–water partition coefficient (Wildman–Crippen LogP) is 18.4. The van der Waals surface area contributed by atoms with Crippen LogP contribution in [0.25, 0.3) is 67.5 Å². The van der Waals surface area contributed by atoms with Gasteiger partial charge in [-0.3, -0.25) is 24.0 Å². The number of rotatable bonds is 19. The van der Waals surface area contributed by atoms with Crippen LogP contribution < -0.4 is 28.4 Å². The first-order valence-corrected chi connectivity index (χ1v) is 33.9. The average Bonchev–Trinajstić information content (AvgIpc) is 0.884. The number of pyridine rings is 6. The molecule has 0 saturated heterocycles. The van der Waals surface area contributed by atoms with E-state index in [1.165, 1.54) is 0 Å². The number of ether oxygens (including phenoxy) is 6. The molecular weight excluding hydrogens is 1720 g/mol. The normalized spacial score (nSPS) is 9.96. The maximum atomic E-state index is 12.1. The van der Waals surface area contributed by atoms with E-state index in [9.17, 15) is 28.8 Å². The monoisotopic (exact) mass is 1800 g/mol. The fourth-order valence-electron chi connectivity index (χ4n) is 8.47. The van der Waals surface area contributed by atoms with Crippen LogP contribution in [0.15, 0.2) is 268 Å². The molecule has 20 heteroatoms. The summed E-state index contributed by atoms with van der Waals surface area (Å²) < 4.78 is 31.2. The Hall–Kier alpha value is -11.9. The van der Waals surface area contributed by atoms with E-state index in [-0.39, 0.29) is 70.1 Å². The second kappa shape index (κ2) is 46.8. The molecule has 0 aliphatic carbocycles. The fourth-order valence-corrected chi connectivity index (χ4v) is 8.47. The summed E-state index contributed by atoms with van der Waals surface area (Å²) in [6.45, 7) is 17.9. The molecule has 12 aromatic rings. The van der Waals surface area contributed by atoms with Gasteiger partial charge >= 0.3 is 76.0 Å². The maximum absolute atomic E-state index is 12.1. The Kier molecular flexibility index (Phi) is 37.6. The van der Waals surface area contributed by atoms with Gasteiger partial charge in [0.25, 0.3) is 0 Å². The molecule has 18 nitrogen and oxygen atoms in total. The van der Waals surface area contributed by atoms with Gasteiger partial charge in [-0.1, -0.05) is 114 Å². The van der Waals surface area contributed by atoms with Crippen LogP contribution in [0.3, 0.4) is 0 Å². The van der Waals surface area contributed by atoms with E-state index in [0.717, 1.165) is 74.0 Å². The van der Waals surface area contributed by atoms with Crippen LogP contribution in [-0.2, 0) is 69.0 Å². The summed E-state index contributed by atoms with van der Waals surface area (Å²) in [5.74, 6) is 1.43. The predicted molar refractivity (Wildman–Crippen MR) is 405 cm³/mol. The van der Waals surface area contributed by atoms with E-state index in [1.807, 2.05) is 130 Å². The molecule has 0 amide bonds. The van der Waals surface area contributed by atoms with Crippen LogP contribution in [0, 0.1) is 41.8 Å². The van der Waals surface area contributed by atoms with Crippen molar-refractivity contribution in [3.05, 3.63) is 304 Å². The second-order valence-electron chi connectivity index (χ2n) is 23.0. The maximum Gasteiger partial charge on any atom is 3.00 e. The van der Waals surface area contributed by atoms with Gasteiger partial charge in [0.2, 0.25) is 0 Å². The third kappa shape index (κ3) is 29.9. The van der Waals surface area contributed by atoms with Crippen molar-refractivity contribution in [1.82, 2.24) is 29.9 Å². The van der Waals surface area contributed by atoms with Crippen molar-refractivity contribution < 1.29 is 97.4 Å². The van der Waals surface area contributed by atoms with Crippen molar-refractivity contribution in [3.8, 4) is 102 Å². The van der Waals surface area contributed by atoms with Gasteiger partial charge < -0.3 is 58.3 Å². The number of nitrogens with zero attached hydrogens (tertiary/aromatic N) is 6. The van der Waals surface area contributed by atoms with Crippen LogP contribution in [0.4, 0.5) is 0 Å². The molecule has 6 heterocycles. The summed E-state index contributed by atoms with van der Waals surface area (Å²) in [5.41, 5.74) is 9.54. The van der Waals surface area contributed by atoms with Crippen molar-refractivity contribution in [3.63, 3.8) is 0 Å². The smallest absolute Gasteiger partial charge is 0.447 e. The van der Waals surface area contributed by atoms with E-state index >= 15 is 0 Å². The molecule has 0 N–H and O–H groups in total. The largest absolute Gasteiger partial charge is 3.00 e. The van der Waals surface area contributed by atoms with Crippen molar-refractivity contribution in [2.75, 3.05) is 0 Å². The van der Waals surface area contributed by atoms with E-state index in [1.54, 1.807) is 181 Å². The first kappa shape index (κ1) is 86.7. The Morgan fingerprint density at radius 1 is 0.324 bits per heavy atom. The summed E-state index contributed by atoms with van der Waals surface area (Å²) >= 11 is 0. The van der Waals surface area contributed by atoms with Crippen LogP contribution in [0.5, 0.6) is 34.5 Å². The van der Waals surface area contributed by atoms with Crippen molar-refractivity contribution in [2.24, 2.45) is 5.41 Å². The Labute approximate surface area is 657 Å². The van der Waals surface area contributed by atoms with Crippen LogP contribution in [0.2, 0.25) is 0 Å². The average molecular weight is 1800 g/mol. The minimum Gasteiger partial charge on any atom is -0.447 e. The van der Waals surface area contributed by atoms with Crippen molar-refractivity contribution in [2.45, 2.75) is 87.5 Å². The zero-order valence-corrected chi connectivity index (χ0v) is 65.5. The topological polar surface area (TPSA) is 235 Å². The number of aromatic nitrogens is 6. The molecule has 550 valence electrons. The molecular formula is C88H78Ir2N6O12. The molecule has 0 spiro atoms. The van der Waals surface area contributed by atoms with Gasteiger partial charge in [-0.25, -0.2) is 4.79 Å². The number of hydrogen-bond acceptors (Lipinski definition) is 18. The van der Waals surface area contributed by atoms with Gasteiger partial charge in [0.1, 0.15) is 0 Å². The van der Waals surface area contributed by atoms with E-state index in [2.05, 4.69) is 72.9 Å². The molecule has 0 fully saturated rings. The molecule has 6 aromatic carbocycles. The Morgan fingerprint density at radius 3 is 0.704 bits per heavy atom. The van der Waals surface area contributed by atoms with Gasteiger partial charge in [0.15, 0.2) is 0 Å². The first-order chi connectivity index (χ1) is 51.4. The van der Waals surface area contributed by atoms with Crippen molar-refractivity contribution in [1.29, 1.82) is 0 Å². The van der Waals surface area contributed by atoms with Crippen molar-refractivity contribution >= 4 is 35.8 Å². The Bertz CT molecular complexity index is 4390. The molecule has 12 rings (SSSR count). The molecule has 0 unspecified atom stereocenters. The molecule has 0 aliphatic heterocycles. The summed E-state index contributed by atoms with van der Waals surface area (Å²) in [4.78, 5) is 93.5. The minimum atomic E-state index is -0.481. The minimum absolute atomic E-state index is 0. The third-order valence-electron chi connectivity index (χ3n) is 14.6. The fraction of sp³-hybridized carbons (Fsp3) is 0.159. The number of hydrogen-bond donors (Lipinski definition) is 0. The number of esters is 6. The quantitative estimate of drug-likeness (QED) is 0.0317. The first-order valence-electron chi connectivity index (χ1n) is 33.9. The van der Waals surface area contributed by atoms with E-state index < -0.39 is 11.4 Å². The zero-order valence-electron chi connectivity index (χ0n) is 60.7. The standard InChI is InChI=1S/C17H18NO2.C15H12NO2.4C14H12NO2.2Ir/c1-4-17(2,3)16(19)20-14-9-7-8-13(12-14)15-10-5-6-11-18-15;1-11(2)15(17)18-13-7-5-6-12(10-13)14-8-3-4-9-16-14;4*1-2-14(16)17-12-7-5-6-11(10-12)13-8-3-4-9-15-13;;/h5-7,9-12H,4H2,1-3H3;3-5,7-10H,1H2,2H3;4*3-5,7-10H,2H2,1H3;;/q6*-1;2*+3. The number of benzene rings is 6. The van der Waals surface area contributed by atoms with Crippen LogP contribution >= 0.6 is 0 Å². The van der Waals surface area contributed by atoms with E-state index in [4.69, 9.17) is 28.4 Å². The second-order valence-corrected chi connectivity index (χ2v) is 23.0. The number of carbonyl (C=O) groups excluding carboxylic acids is 6. The van der Waals surface area contributed by atoms with Crippen LogP contribution in [0.1, 0.15) is 87.5 Å². The van der Waals surface area contributed by atoms with Gasteiger partial charge in [0, 0.05) is 68.4 Å². The third-order valence-corrected chi connectivity index (χ3v) is 14.6.